The summed E-state index contributed by atoms with van der Waals surface area (Å²) >= 11 is 6.67. The van der Waals surface area contributed by atoms with Crippen molar-refractivity contribution in [3.05, 3.63) is 31.9 Å². The predicted molar refractivity (Wildman–Crippen MR) is 122 cm³/mol. The third-order valence-electron chi connectivity index (χ3n) is 5.54. The number of carbonyl (C=O) groups excluding carboxylic acids is 1. The van der Waals surface area contributed by atoms with Gasteiger partial charge in [-0.05, 0) is 51.2 Å². The van der Waals surface area contributed by atoms with Crippen molar-refractivity contribution >= 4 is 46.1 Å². The van der Waals surface area contributed by atoms with Gasteiger partial charge in [-0.3, -0.25) is 19.1 Å². The maximum atomic E-state index is 12.9. The highest BCUT2D eigenvalue weighted by atomic mass is 32.2. The number of carbonyl (C=O) groups is 1. The van der Waals surface area contributed by atoms with E-state index in [-0.39, 0.29) is 23.1 Å². The number of hydrogen-bond acceptors (Lipinski definition) is 6. The molecular formula is C21H26N4O2S2. The summed E-state index contributed by atoms with van der Waals surface area (Å²) in [6.07, 6.45) is 4.01. The molecule has 1 atom stereocenters. The first kappa shape index (κ1) is 21.6. The van der Waals surface area contributed by atoms with Gasteiger partial charge in [0.2, 0.25) is 0 Å². The van der Waals surface area contributed by atoms with E-state index in [1.54, 1.807) is 23.4 Å². The molecule has 3 heterocycles. The smallest absolute Gasteiger partial charge is 0.270 e. The van der Waals surface area contributed by atoms with Crippen LogP contribution in [0.15, 0.2) is 9.70 Å². The van der Waals surface area contributed by atoms with E-state index in [9.17, 15) is 14.9 Å². The number of thiocarbonyl (C=S) groups is 1. The van der Waals surface area contributed by atoms with Crippen molar-refractivity contribution in [2.75, 3.05) is 18.0 Å². The molecule has 0 aliphatic carbocycles. The molecule has 1 amide bonds. The maximum absolute atomic E-state index is 12.9. The minimum atomic E-state index is -0.301. The SMILES string of the molecule is Cc1c(/C=C2\SC(=S)N(C(C)C)C2=O)c(N2CCCC(C)C2)n(C)c(=O)c1C#N. The predicted octanol–water partition coefficient (Wildman–Crippen LogP) is 3.41. The molecule has 0 bridgehead atoms. The summed E-state index contributed by atoms with van der Waals surface area (Å²) < 4.78 is 2.09. The van der Waals surface area contributed by atoms with Gasteiger partial charge in [0.15, 0.2) is 0 Å². The monoisotopic (exact) mass is 430 g/mol. The number of nitriles is 1. The molecule has 0 N–H and O–H groups in total. The number of piperidine rings is 1. The quantitative estimate of drug-likeness (QED) is 0.541. The van der Waals surface area contributed by atoms with E-state index < -0.39 is 0 Å². The first-order valence-corrected chi connectivity index (χ1v) is 11.1. The fraction of sp³-hybridized carbons (Fsp3) is 0.524. The molecule has 1 aromatic rings. The summed E-state index contributed by atoms with van der Waals surface area (Å²) in [5.74, 6) is 1.16. The lowest BCUT2D eigenvalue weighted by Crippen LogP contribution is -2.39. The Balaban J connectivity index is 2.21. The lowest BCUT2D eigenvalue weighted by atomic mass is 9.98. The van der Waals surface area contributed by atoms with Crippen LogP contribution in [0.3, 0.4) is 0 Å². The Bertz CT molecular complexity index is 1000. The minimum absolute atomic E-state index is 0.0216. The average Bonchev–Trinajstić information content (AvgIpc) is 2.93. The number of amides is 1. The molecular weight excluding hydrogens is 404 g/mol. The maximum Gasteiger partial charge on any atom is 0.270 e. The molecule has 0 radical (unpaired) electrons. The Morgan fingerprint density at radius 3 is 2.59 bits per heavy atom. The number of rotatable bonds is 3. The van der Waals surface area contributed by atoms with Crippen LogP contribution in [0.4, 0.5) is 5.82 Å². The third-order valence-corrected chi connectivity index (χ3v) is 6.87. The molecule has 29 heavy (non-hydrogen) atoms. The lowest BCUT2D eigenvalue weighted by Gasteiger charge is -2.35. The first-order chi connectivity index (χ1) is 13.7. The van der Waals surface area contributed by atoms with E-state index >= 15 is 0 Å². The fourth-order valence-electron chi connectivity index (χ4n) is 4.03. The van der Waals surface area contributed by atoms with E-state index in [1.807, 2.05) is 26.0 Å². The minimum Gasteiger partial charge on any atom is -0.357 e. The first-order valence-electron chi connectivity index (χ1n) is 9.83. The van der Waals surface area contributed by atoms with Crippen LogP contribution in [0.1, 0.15) is 50.3 Å². The zero-order valence-electron chi connectivity index (χ0n) is 17.5. The summed E-state index contributed by atoms with van der Waals surface area (Å²) in [5.41, 5.74) is 1.18. The van der Waals surface area contributed by atoms with Gasteiger partial charge in [-0.2, -0.15) is 5.26 Å². The highest BCUT2D eigenvalue weighted by molar-refractivity contribution is 8.26. The Morgan fingerprint density at radius 2 is 2.03 bits per heavy atom. The van der Waals surface area contributed by atoms with Crippen LogP contribution in [0, 0.1) is 24.2 Å². The Morgan fingerprint density at radius 1 is 1.34 bits per heavy atom. The molecule has 3 rings (SSSR count). The summed E-state index contributed by atoms with van der Waals surface area (Å²) in [5, 5.41) is 9.56. The van der Waals surface area contributed by atoms with Gasteiger partial charge in [0.1, 0.15) is 21.8 Å². The highest BCUT2D eigenvalue weighted by Crippen LogP contribution is 2.37. The van der Waals surface area contributed by atoms with Crippen LogP contribution in [0.5, 0.6) is 0 Å². The molecule has 0 saturated carbocycles. The lowest BCUT2D eigenvalue weighted by molar-refractivity contribution is -0.123. The number of thioether (sulfide) groups is 1. The van der Waals surface area contributed by atoms with Crippen molar-refractivity contribution in [1.29, 1.82) is 5.26 Å². The van der Waals surface area contributed by atoms with Gasteiger partial charge < -0.3 is 4.90 Å². The fourth-order valence-corrected chi connectivity index (χ4v) is 5.54. The Hall–Kier alpha value is -2.11. The molecule has 2 aliphatic rings. The van der Waals surface area contributed by atoms with E-state index in [0.29, 0.717) is 20.7 Å². The van der Waals surface area contributed by atoms with Crippen LogP contribution in [0.2, 0.25) is 0 Å². The van der Waals surface area contributed by atoms with Gasteiger partial charge in [-0.25, -0.2) is 0 Å². The van der Waals surface area contributed by atoms with E-state index in [4.69, 9.17) is 12.2 Å². The van der Waals surface area contributed by atoms with E-state index in [1.165, 1.54) is 11.8 Å². The number of hydrogen-bond donors (Lipinski definition) is 0. The summed E-state index contributed by atoms with van der Waals surface area (Å²) in [6, 6.07) is 2.02. The highest BCUT2D eigenvalue weighted by Gasteiger charge is 2.34. The van der Waals surface area contributed by atoms with Crippen molar-refractivity contribution in [3.63, 3.8) is 0 Å². The van der Waals surface area contributed by atoms with Gasteiger partial charge in [0, 0.05) is 31.7 Å². The summed E-state index contributed by atoms with van der Waals surface area (Å²) in [6.45, 7) is 9.53. The molecule has 2 fully saturated rings. The van der Waals surface area contributed by atoms with Crippen molar-refractivity contribution in [2.24, 2.45) is 13.0 Å². The molecule has 2 saturated heterocycles. The summed E-state index contributed by atoms with van der Waals surface area (Å²) in [4.78, 5) is 30.1. The van der Waals surface area contributed by atoms with Crippen molar-refractivity contribution in [2.45, 2.75) is 46.6 Å². The number of aromatic nitrogens is 1. The second-order valence-corrected chi connectivity index (χ2v) is 9.73. The average molecular weight is 431 g/mol. The molecule has 1 unspecified atom stereocenters. The third kappa shape index (κ3) is 3.86. The molecule has 0 spiro atoms. The van der Waals surface area contributed by atoms with Crippen LogP contribution in [-0.2, 0) is 11.8 Å². The van der Waals surface area contributed by atoms with Gasteiger partial charge in [0.25, 0.3) is 11.5 Å². The van der Waals surface area contributed by atoms with Crippen molar-refractivity contribution < 1.29 is 4.79 Å². The second-order valence-electron chi connectivity index (χ2n) is 8.05. The van der Waals surface area contributed by atoms with Crippen LogP contribution < -0.4 is 10.5 Å². The second kappa shape index (κ2) is 8.33. The topological polar surface area (TPSA) is 69.3 Å². The number of pyridine rings is 1. The Labute approximate surface area is 181 Å². The number of anilines is 1. The normalized spacial score (nSPS) is 21.4. The zero-order chi connectivity index (χ0) is 21.5. The molecule has 1 aromatic heterocycles. The largest absolute Gasteiger partial charge is 0.357 e. The van der Waals surface area contributed by atoms with Gasteiger partial charge >= 0.3 is 0 Å². The van der Waals surface area contributed by atoms with Crippen LogP contribution >= 0.6 is 24.0 Å². The number of nitrogens with zero attached hydrogens (tertiary/aromatic N) is 4. The zero-order valence-corrected chi connectivity index (χ0v) is 19.1. The summed E-state index contributed by atoms with van der Waals surface area (Å²) in [7, 11) is 1.70. The van der Waals surface area contributed by atoms with Crippen molar-refractivity contribution in [3.8, 4) is 6.07 Å². The molecule has 2 aliphatic heterocycles. The van der Waals surface area contributed by atoms with Crippen LogP contribution in [-0.4, -0.2) is 38.8 Å². The van der Waals surface area contributed by atoms with Crippen LogP contribution in [0.25, 0.3) is 6.08 Å². The van der Waals surface area contributed by atoms with Gasteiger partial charge in [-0.15, -0.1) is 0 Å². The van der Waals surface area contributed by atoms with Crippen molar-refractivity contribution in [1.82, 2.24) is 9.47 Å². The molecule has 0 aromatic carbocycles. The molecule has 154 valence electrons. The molecule has 6 nitrogen and oxygen atoms in total. The van der Waals surface area contributed by atoms with Gasteiger partial charge in [-0.1, -0.05) is 30.9 Å². The van der Waals surface area contributed by atoms with E-state index in [0.717, 1.165) is 37.3 Å². The van der Waals surface area contributed by atoms with E-state index in [2.05, 4.69) is 11.8 Å². The standard InChI is InChI=1S/C21H26N4O2S2/c1-12(2)25-20(27)17(29-21(25)28)9-15-14(4)16(10-22)19(26)23(5)18(15)24-8-6-7-13(3)11-24/h9,12-13H,6-8,11H2,1-5H3/b17-9-. The van der Waals surface area contributed by atoms with Gasteiger partial charge in [0.05, 0.1) is 4.91 Å². The Kier molecular flexibility index (Phi) is 6.20. The molecule has 8 heteroatoms.